The predicted octanol–water partition coefficient (Wildman–Crippen LogP) is 13.3. The molecule has 416 valence electrons. The van der Waals surface area contributed by atoms with Gasteiger partial charge in [0.1, 0.15) is 43.2 Å². The topological polar surface area (TPSA) is 210 Å². The van der Waals surface area contributed by atoms with Gasteiger partial charge in [-0.25, -0.2) is 4.57 Å². The molecule has 0 aromatic carbocycles. The summed E-state index contributed by atoms with van der Waals surface area (Å²) >= 11 is 0. The van der Waals surface area contributed by atoms with Crippen LogP contribution in [-0.2, 0) is 32.7 Å². The zero-order chi connectivity index (χ0) is 52.1. The Balaban J connectivity index is 2.33. The molecular formula is C57H105O13P. The van der Waals surface area contributed by atoms with Gasteiger partial charge in [-0.3, -0.25) is 18.6 Å². The van der Waals surface area contributed by atoms with E-state index in [1.165, 1.54) is 161 Å². The molecule has 0 saturated heterocycles. The quantitative estimate of drug-likeness (QED) is 0.0145. The first-order chi connectivity index (χ1) is 34.4. The molecule has 0 spiro atoms. The van der Waals surface area contributed by atoms with Crippen molar-refractivity contribution in [1.82, 2.24) is 0 Å². The van der Waals surface area contributed by atoms with E-state index < -0.39 is 75.7 Å². The van der Waals surface area contributed by atoms with Crippen molar-refractivity contribution in [2.45, 2.75) is 301 Å². The fraction of sp³-hybridized carbons (Fsp3) is 0.860. The van der Waals surface area contributed by atoms with E-state index in [-0.39, 0.29) is 12.8 Å². The van der Waals surface area contributed by atoms with Crippen LogP contribution in [0.1, 0.15) is 258 Å². The van der Waals surface area contributed by atoms with Crippen molar-refractivity contribution in [2.24, 2.45) is 0 Å². The largest absolute Gasteiger partial charge is 0.472 e. The number of phosphoric ester groups is 1. The van der Waals surface area contributed by atoms with Gasteiger partial charge >= 0.3 is 19.8 Å². The highest BCUT2D eigenvalue weighted by atomic mass is 31.2. The van der Waals surface area contributed by atoms with Crippen molar-refractivity contribution in [1.29, 1.82) is 0 Å². The average molecular weight is 1030 g/mol. The van der Waals surface area contributed by atoms with Crippen molar-refractivity contribution in [2.75, 3.05) is 13.2 Å². The Kier molecular flexibility index (Phi) is 44.0. The fourth-order valence-corrected chi connectivity index (χ4v) is 9.82. The highest BCUT2D eigenvalue weighted by Gasteiger charge is 2.51. The summed E-state index contributed by atoms with van der Waals surface area (Å²) in [6.45, 7) is 3.32. The zero-order valence-corrected chi connectivity index (χ0v) is 45.7. The van der Waals surface area contributed by atoms with E-state index in [1.807, 2.05) is 0 Å². The molecule has 1 aliphatic carbocycles. The molecule has 6 N–H and O–H groups in total. The van der Waals surface area contributed by atoms with Gasteiger partial charge in [-0.2, -0.15) is 0 Å². The van der Waals surface area contributed by atoms with Crippen LogP contribution >= 0.6 is 7.82 Å². The van der Waals surface area contributed by atoms with Gasteiger partial charge in [0.2, 0.25) is 0 Å². The van der Waals surface area contributed by atoms with Crippen LogP contribution in [-0.4, -0.2) is 98.3 Å². The first kappa shape index (κ1) is 67.1. The van der Waals surface area contributed by atoms with Gasteiger partial charge in [-0.1, -0.05) is 211 Å². The standard InChI is InChI=1S/C57H105O13P/c1-3-5-7-9-11-13-15-17-19-21-23-24-25-26-28-29-31-33-35-37-39-41-43-45-50(58)67-47-49(48-68-71(65,66)70-57-55(63)53(61)52(60)54(62)56(57)64)69-51(59)46-44-42-40-38-36-34-32-30-27-22-20-18-16-14-12-10-8-6-4-2/h12,14,18,20-21,23,49,52-57,60-64H,3-11,13,15-17,19,22,24-48H2,1-2H3,(H,65,66)/b14-12-,20-18-,23-21-. The summed E-state index contributed by atoms with van der Waals surface area (Å²) in [6, 6.07) is 0. The Morgan fingerprint density at radius 3 is 1.18 bits per heavy atom. The lowest BCUT2D eigenvalue weighted by molar-refractivity contribution is -0.220. The second-order valence-electron chi connectivity index (χ2n) is 20.1. The molecular weight excluding hydrogens is 924 g/mol. The van der Waals surface area contributed by atoms with Crippen molar-refractivity contribution < 1.29 is 63.1 Å². The van der Waals surface area contributed by atoms with Crippen molar-refractivity contribution in [3.8, 4) is 0 Å². The monoisotopic (exact) mass is 1030 g/mol. The highest BCUT2D eigenvalue weighted by Crippen LogP contribution is 2.47. The molecule has 0 bridgehead atoms. The lowest BCUT2D eigenvalue weighted by atomic mass is 9.85. The molecule has 0 aromatic rings. The van der Waals surface area contributed by atoms with Crippen LogP contribution in [0.3, 0.4) is 0 Å². The van der Waals surface area contributed by atoms with E-state index in [9.17, 15) is 44.6 Å². The molecule has 0 heterocycles. The molecule has 1 saturated carbocycles. The molecule has 71 heavy (non-hydrogen) atoms. The smallest absolute Gasteiger partial charge is 0.462 e. The molecule has 0 aliphatic heterocycles. The van der Waals surface area contributed by atoms with Crippen LogP contribution in [0.15, 0.2) is 36.5 Å². The van der Waals surface area contributed by atoms with Crippen molar-refractivity contribution in [3.05, 3.63) is 36.5 Å². The third-order valence-electron chi connectivity index (χ3n) is 13.5. The Bertz CT molecular complexity index is 1380. The van der Waals surface area contributed by atoms with Crippen LogP contribution in [0.5, 0.6) is 0 Å². The Hall–Kier alpha value is -1.93. The Labute approximate surface area is 431 Å². The Morgan fingerprint density at radius 1 is 0.437 bits per heavy atom. The third kappa shape index (κ3) is 38.3. The van der Waals surface area contributed by atoms with Crippen LogP contribution < -0.4 is 0 Å². The zero-order valence-electron chi connectivity index (χ0n) is 44.8. The number of hydrogen-bond acceptors (Lipinski definition) is 12. The van der Waals surface area contributed by atoms with E-state index in [0.29, 0.717) is 12.8 Å². The summed E-state index contributed by atoms with van der Waals surface area (Å²) in [5, 5.41) is 50.4. The van der Waals surface area contributed by atoms with Gasteiger partial charge in [0.05, 0.1) is 6.61 Å². The fourth-order valence-electron chi connectivity index (χ4n) is 8.84. The maximum Gasteiger partial charge on any atom is 0.472 e. The lowest BCUT2D eigenvalue weighted by Crippen LogP contribution is -2.64. The summed E-state index contributed by atoms with van der Waals surface area (Å²) in [7, 11) is -5.13. The van der Waals surface area contributed by atoms with Gasteiger partial charge in [0, 0.05) is 12.8 Å². The third-order valence-corrected chi connectivity index (χ3v) is 14.4. The van der Waals surface area contributed by atoms with Crippen molar-refractivity contribution >= 4 is 19.8 Å². The minimum Gasteiger partial charge on any atom is -0.462 e. The number of aliphatic hydroxyl groups is 5. The van der Waals surface area contributed by atoms with Crippen LogP contribution in [0.2, 0.25) is 0 Å². The summed E-state index contributed by atoms with van der Waals surface area (Å²) in [5.74, 6) is -1.09. The molecule has 0 radical (unpaired) electrons. The summed E-state index contributed by atoms with van der Waals surface area (Å²) in [4.78, 5) is 36.0. The Morgan fingerprint density at radius 2 is 0.761 bits per heavy atom. The number of hydrogen-bond donors (Lipinski definition) is 6. The van der Waals surface area contributed by atoms with Gasteiger partial charge in [0.25, 0.3) is 0 Å². The SMILES string of the molecule is CCCCC/C=C\C/C=C\CCCCCCCCCCCC(=O)OC(COC(=O)CCCCCCCCCCCCC/C=C\CCCCCCCCCC)COP(=O)(O)OC1C(O)C(O)C(O)C(O)C1O. The van der Waals surface area contributed by atoms with Crippen LogP contribution in [0.4, 0.5) is 0 Å². The van der Waals surface area contributed by atoms with E-state index in [0.717, 1.165) is 57.8 Å². The molecule has 0 aromatic heterocycles. The number of aliphatic hydroxyl groups excluding tert-OH is 5. The predicted molar refractivity (Wildman–Crippen MR) is 286 cm³/mol. The highest BCUT2D eigenvalue weighted by molar-refractivity contribution is 7.47. The van der Waals surface area contributed by atoms with Gasteiger partial charge in [-0.15, -0.1) is 0 Å². The van der Waals surface area contributed by atoms with Crippen LogP contribution in [0.25, 0.3) is 0 Å². The first-order valence-corrected chi connectivity index (χ1v) is 30.3. The minimum atomic E-state index is -5.13. The maximum absolute atomic E-state index is 12.9. The summed E-state index contributed by atoms with van der Waals surface area (Å²) < 4.78 is 33.7. The molecule has 1 rings (SSSR count). The number of rotatable bonds is 49. The second kappa shape index (κ2) is 46.6. The van der Waals surface area contributed by atoms with E-state index in [4.69, 9.17) is 18.5 Å². The lowest BCUT2D eigenvalue weighted by Gasteiger charge is -2.41. The number of phosphoric acid groups is 1. The number of carbonyl (C=O) groups excluding carboxylic acids is 2. The number of ether oxygens (including phenoxy) is 2. The number of carbonyl (C=O) groups is 2. The molecule has 14 heteroatoms. The molecule has 0 amide bonds. The molecule has 1 fully saturated rings. The van der Waals surface area contributed by atoms with Gasteiger partial charge in [-0.05, 0) is 70.6 Å². The van der Waals surface area contributed by atoms with Gasteiger partial charge in [0.15, 0.2) is 6.10 Å². The number of allylic oxidation sites excluding steroid dienone is 6. The number of esters is 2. The summed E-state index contributed by atoms with van der Waals surface area (Å²) in [5.41, 5.74) is 0. The van der Waals surface area contributed by atoms with E-state index >= 15 is 0 Å². The summed E-state index contributed by atoms with van der Waals surface area (Å²) in [6.07, 6.45) is 43.3. The maximum atomic E-state index is 12.9. The molecule has 13 nitrogen and oxygen atoms in total. The molecule has 1 aliphatic rings. The normalized spacial score (nSPS) is 20.8. The molecule has 6 atom stereocenters. The van der Waals surface area contributed by atoms with E-state index in [2.05, 4.69) is 50.3 Å². The average Bonchev–Trinajstić information content (AvgIpc) is 3.35. The van der Waals surface area contributed by atoms with Crippen LogP contribution in [0, 0.1) is 0 Å². The first-order valence-electron chi connectivity index (χ1n) is 28.8. The van der Waals surface area contributed by atoms with Crippen molar-refractivity contribution in [3.63, 3.8) is 0 Å². The number of unbranched alkanes of at least 4 members (excludes halogenated alkanes) is 31. The minimum absolute atomic E-state index is 0.0930. The molecule has 6 unspecified atom stereocenters. The second-order valence-corrected chi connectivity index (χ2v) is 21.5. The van der Waals surface area contributed by atoms with Gasteiger partial charge < -0.3 is 39.9 Å². The van der Waals surface area contributed by atoms with E-state index in [1.54, 1.807) is 0 Å².